The summed E-state index contributed by atoms with van der Waals surface area (Å²) in [6.45, 7) is 0.748. The molecule has 0 radical (unpaired) electrons. The van der Waals surface area contributed by atoms with Gasteiger partial charge in [0.15, 0.2) is 5.13 Å². The SMILES string of the molecule is COC(=O)CCc1csc(NC(=O)N2CCCC(C(=O)O)C2)n1. The number of amides is 2. The quantitative estimate of drug-likeness (QED) is 0.787. The van der Waals surface area contributed by atoms with Crippen molar-refractivity contribution in [3.8, 4) is 0 Å². The normalized spacial score (nSPS) is 17.6. The number of methoxy groups -OCH3 is 1. The average molecular weight is 341 g/mol. The number of hydrogen-bond donors (Lipinski definition) is 2. The molecule has 0 aliphatic carbocycles. The molecule has 2 N–H and O–H groups in total. The third-order valence-electron chi connectivity index (χ3n) is 3.64. The summed E-state index contributed by atoms with van der Waals surface area (Å²) >= 11 is 1.27. The number of carbonyl (C=O) groups excluding carboxylic acids is 2. The van der Waals surface area contributed by atoms with E-state index in [1.165, 1.54) is 23.3 Å². The number of carboxylic acid groups (broad SMARTS) is 1. The van der Waals surface area contributed by atoms with Crippen LogP contribution in [0.15, 0.2) is 5.38 Å². The van der Waals surface area contributed by atoms with Gasteiger partial charge in [-0.3, -0.25) is 14.9 Å². The summed E-state index contributed by atoms with van der Waals surface area (Å²) in [5.74, 6) is -1.69. The Hall–Kier alpha value is -2.16. The van der Waals surface area contributed by atoms with E-state index in [1.54, 1.807) is 5.38 Å². The Kier molecular flexibility index (Phi) is 5.91. The van der Waals surface area contributed by atoms with Gasteiger partial charge in [-0.2, -0.15) is 0 Å². The van der Waals surface area contributed by atoms with Gasteiger partial charge in [0, 0.05) is 24.9 Å². The van der Waals surface area contributed by atoms with E-state index in [2.05, 4.69) is 15.0 Å². The van der Waals surface area contributed by atoms with Gasteiger partial charge < -0.3 is 14.7 Å². The summed E-state index contributed by atoms with van der Waals surface area (Å²) < 4.78 is 4.56. The minimum atomic E-state index is -0.873. The summed E-state index contributed by atoms with van der Waals surface area (Å²) in [5.41, 5.74) is 0.706. The van der Waals surface area contributed by atoms with Crippen LogP contribution in [0.1, 0.15) is 25.0 Å². The number of hydrogen-bond acceptors (Lipinski definition) is 6. The third-order valence-corrected chi connectivity index (χ3v) is 4.44. The number of likely N-dealkylation sites (tertiary alicyclic amines) is 1. The molecule has 23 heavy (non-hydrogen) atoms. The second-order valence-corrected chi connectivity index (χ2v) is 6.13. The highest BCUT2D eigenvalue weighted by molar-refractivity contribution is 7.13. The predicted octanol–water partition coefficient (Wildman–Crippen LogP) is 1.58. The van der Waals surface area contributed by atoms with Crippen LogP contribution in [0.4, 0.5) is 9.93 Å². The maximum Gasteiger partial charge on any atom is 0.323 e. The van der Waals surface area contributed by atoms with Crippen LogP contribution in [0, 0.1) is 5.92 Å². The van der Waals surface area contributed by atoms with Crippen LogP contribution >= 0.6 is 11.3 Å². The lowest BCUT2D eigenvalue weighted by Crippen LogP contribution is -2.44. The van der Waals surface area contributed by atoms with Crippen LogP contribution in [-0.4, -0.2) is 53.2 Å². The van der Waals surface area contributed by atoms with Crippen molar-refractivity contribution < 1.29 is 24.2 Å². The van der Waals surface area contributed by atoms with Gasteiger partial charge >= 0.3 is 18.0 Å². The lowest BCUT2D eigenvalue weighted by molar-refractivity contribution is -0.143. The van der Waals surface area contributed by atoms with Crippen molar-refractivity contribution in [3.05, 3.63) is 11.1 Å². The van der Waals surface area contributed by atoms with Crippen LogP contribution in [0.2, 0.25) is 0 Å². The van der Waals surface area contributed by atoms with E-state index >= 15 is 0 Å². The zero-order chi connectivity index (χ0) is 16.8. The number of anilines is 1. The first kappa shape index (κ1) is 17.2. The molecule has 1 aliphatic heterocycles. The summed E-state index contributed by atoms with van der Waals surface area (Å²) in [6.07, 6.45) is 1.95. The van der Waals surface area contributed by atoms with Crippen LogP contribution < -0.4 is 5.32 Å². The van der Waals surface area contributed by atoms with Crippen molar-refractivity contribution >= 4 is 34.4 Å². The molecule has 9 heteroatoms. The molecule has 2 amide bonds. The van der Waals surface area contributed by atoms with E-state index < -0.39 is 11.9 Å². The molecule has 1 unspecified atom stereocenters. The van der Waals surface area contributed by atoms with E-state index in [1.807, 2.05) is 0 Å². The van der Waals surface area contributed by atoms with Gasteiger partial charge in [-0.15, -0.1) is 11.3 Å². The number of carboxylic acids is 1. The molecule has 2 heterocycles. The third kappa shape index (κ3) is 4.92. The van der Waals surface area contributed by atoms with E-state index in [9.17, 15) is 14.4 Å². The Balaban J connectivity index is 1.86. The number of rotatable bonds is 5. The fourth-order valence-electron chi connectivity index (χ4n) is 2.35. The second kappa shape index (κ2) is 7.91. The van der Waals surface area contributed by atoms with E-state index in [0.29, 0.717) is 36.6 Å². The fraction of sp³-hybridized carbons (Fsp3) is 0.571. The summed E-state index contributed by atoms with van der Waals surface area (Å²) in [4.78, 5) is 40.0. The van der Waals surface area contributed by atoms with Crippen molar-refractivity contribution in [3.63, 3.8) is 0 Å². The van der Waals surface area contributed by atoms with Gasteiger partial charge in [-0.25, -0.2) is 9.78 Å². The number of nitrogens with one attached hydrogen (secondary N) is 1. The van der Waals surface area contributed by atoms with Crippen LogP contribution in [0.25, 0.3) is 0 Å². The summed E-state index contributed by atoms with van der Waals surface area (Å²) in [5, 5.41) is 13.9. The van der Waals surface area contributed by atoms with Crippen molar-refractivity contribution in [2.75, 3.05) is 25.5 Å². The first-order chi connectivity index (χ1) is 11.0. The molecule has 2 rings (SSSR count). The van der Waals surface area contributed by atoms with Crippen LogP contribution in [0.5, 0.6) is 0 Å². The van der Waals surface area contributed by atoms with Crippen molar-refractivity contribution in [1.82, 2.24) is 9.88 Å². The number of carbonyl (C=O) groups is 3. The lowest BCUT2D eigenvalue weighted by atomic mass is 9.99. The summed E-state index contributed by atoms with van der Waals surface area (Å²) in [7, 11) is 1.33. The van der Waals surface area contributed by atoms with E-state index in [-0.39, 0.29) is 25.0 Å². The van der Waals surface area contributed by atoms with Gasteiger partial charge in [0.1, 0.15) is 0 Å². The Bertz CT molecular complexity index is 589. The van der Waals surface area contributed by atoms with E-state index in [0.717, 1.165) is 0 Å². The minimum absolute atomic E-state index is 0.210. The predicted molar refractivity (Wildman–Crippen MR) is 83.4 cm³/mol. The number of aryl methyl sites for hydroxylation is 1. The molecule has 0 saturated carbocycles. The highest BCUT2D eigenvalue weighted by atomic mass is 32.1. The number of piperidine rings is 1. The number of thiazole rings is 1. The van der Waals surface area contributed by atoms with Crippen molar-refractivity contribution in [1.29, 1.82) is 0 Å². The number of esters is 1. The molecule has 1 aliphatic rings. The van der Waals surface area contributed by atoms with E-state index in [4.69, 9.17) is 5.11 Å². The molecule has 8 nitrogen and oxygen atoms in total. The number of nitrogens with zero attached hydrogens (tertiary/aromatic N) is 2. The average Bonchev–Trinajstić information content (AvgIpc) is 3.00. The highest BCUT2D eigenvalue weighted by Gasteiger charge is 2.28. The number of urea groups is 1. The Labute approximate surface area is 137 Å². The fourth-order valence-corrected chi connectivity index (χ4v) is 3.08. The van der Waals surface area contributed by atoms with Crippen molar-refractivity contribution in [2.24, 2.45) is 5.92 Å². The number of aromatic nitrogens is 1. The molecule has 0 spiro atoms. The molecule has 0 aromatic carbocycles. The number of ether oxygens (including phenoxy) is 1. The molecular formula is C14H19N3O5S. The first-order valence-electron chi connectivity index (χ1n) is 7.29. The Morgan fingerprint density at radius 3 is 3.00 bits per heavy atom. The van der Waals surface area contributed by atoms with Gasteiger partial charge in [0.2, 0.25) is 0 Å². The second-order valence-electron chi connectivity index (χ2n) is 5.27. The monoisotopic (exact) mass is 341 g/mol. The number of aliphatic carboxylic acids is 1. The molecule has 1 saturated heterocycles. The smallest absolute Gasteiger partial charge is 0.323 e. The largest absolute Gasteiger partial charge is 0.481 e. The molecule has 1 aromatic rings. The maximum atomic E-state index is 12.2. The zero-order valence-electron chi connectivity index (χ0n) is 12.8. The van der Waals surface area contributed by atoms with Gasteiger partial charge in [-0.05, 0) is 12.8 Å². The van der Waals surface area contributed by atoms with Gasteiger partial charge in [0.05, 0.1) is 25.1 Å². The van der Waals surface area contributed by atoms with Gasteiger partial charge in [-0.1, -0.05) is 0 Å². The molecule has 1 aromatic heterocycles. The molecule has 126 valence electrons. The zero-order valence-corrected chi connectivity index (χ0v) is 13.6. The standard InChI is InChI=1S/C14H19N3O5S/c1-22-11(18)5-4-10-8-23-13(15-10)16-14(21)17-6-2-3-9(7-17)12(19)20/h8-9H,2-7H2,1H3,(H,19,20)(H,15,16,21). The Morgan fingerprint density at radius 1 is 1.52 bits per heavy atom. The molecular weight excluding hydrogens is 322 g/mol. The molecule has 1 atom stereocenters. The molecule has 0 bridgehead atoms. The Morgan fingerprint density at radius 2 is 2.30 bits per heavy atom. The topological polar surface area (TPSA) is 109 Å². The highest BCUT2D eigenvalue weighted by Crippen LogP contribution is 2.20. The van der Waals surface area contributed by atoms with Crippen molar-refractivity contribution in [2.45, 2.75) is 25.7 Å². The van der Waals surface area contributed by atoms with Crippen LogP contribution in [-0.2, 0) is 20.7 Å². The molecule has 1 fully saturated rings. The summed E-state index contributed by atoms with van der Waals surface area (Å²) in [6, 6.07) is -0.343. The minimum Gasteiger partial charge on any atom is -0.481 e. The lowest BCUT2D eigenvalue weighted by Gasteiger charge is -2.30. The van der Waals surface area contributed by atoms with Crippen LogP contribution in [0.3, 0.4) is 0 Å². The van der Waals surface area contributed by atoms with Gasteiger partial charge in [0.25, 0.3) is 0 Å². The maximum absolute atomic E-state index is 12.2. The first-order valence-corrected chi connectivity index (χ1v) is 8.17.